The van der Waals surface area contributed by atoms with Crippen LogP contribution in [0.5, 0.6) is 5.75 Å². The summed E-state index contributed by atoms with van der Waals surface area (Å²) in [5.41, 5.74) is 2.17. The Morgan fingerprint density at radius 2 is 1.92 bits per heavy atom. The van der Waals surface area contributed by atoms with Crippen molar-refractivity contribution in [3.05, 3.63) is 53.8 Å². The number of rotatable bonds is 4. The first-order valence-electron chi connectivity index (χ1n) is 8.80. The molecule has 0 radical (unpaired) electrons. The first-order valence-corrected chi connectivity index (χ1v) is 10.4. The highest BCUT2D eigenvalue weighted by Crippen LogP contribution is 2.34. The van der Waals surface area contributed by atoms with Gasteiger partial charge in [0.15, 0.2) is 5.84 Å². The molecule has 0 saturated heterocycles. The van der Waals surface area contributed by atoms with Crippen molar-refractivity contribution in [3.8, 4) is 5.75 Å². The van der Waals surface area contributed by atoms with E-state index in [9.17, 15) is 8.42 Å². The summed E-state index contributed by atoms with van der Waals surface area (Å²) in [4.78, 5) is 1.86. The monoisotopic (exact) mass is 358 g/mol. The molecule has 132 valence electrons. The van der Waals surface area contributed by atoms with E-state index in [1.54, 1.807) is 0 Å². The minimum Gasteiger partial charge on any atom is -0.489 e. The van der Waals surface area contributed by atoms with E-state index >= 15 is 0 Å². The molecule has 3 aliphatic rings. The number of allylic oxidation sites excluding steroid dienone is 2. The van der Waals surface area contributed by atoms with Crippen LogP contribution in [0.3, 0.4) is 0 Å². The second-order valence-corrected chi connectivity index (χ2v) is 8.52. The minimum absolute atomic E-state index is 0.0532. The number of ether oxygens (including phenoxy) is 1. The second-order valence-electron chi connectivity index (χ2n) is 6.77. The number of hydrogen-bond acceptors (Lipinski definition) is 4. The summed E-state index contributed by atoms with van der Waals surface area (Å²) in [6, 6.07) is 8.30. The third-order valence-corrected chi connectivity index (χ3v) is 6.19. The van der Waals surface area contributed by atoms with Crippen molar-refractivity contribution in [3.63, 3.8) is 0 Å². The molecular weight excluding hydrogens is 336 g/mol. The zero-order valence-electron chi connectivity index (χ0n) is 14.1. The molecule has 1 aliphatic carbocycles. The fourth-order valence-electron chi connectivity index (χ4n) is 3.64. The SMILES string of the molecule is O=S1(=O)CCN2C=CC=C(COc3ccc(C4CCCC4)cc3)C2=N1. The molecule has 0 amide bonds. The normalized spacial score (nSPS) is 22.3. The van der Waals surface area contributed by atoms with Crippen molar-refractivity contribution in [2.45, 2.75) is 31.6 Å². The Balaban J connectivity index is 1.44. The average molecular weight is 358 g/mol. The average Bonchev–Trinajstić information content (AvgIpc) is 3.14. The molecule has 2 heterocycles. The van der Waals surface area contributed by atoms with E-state index < -0.39 is 10.0 Å². The van der Waals surface area contributed by atoms with E-state index in [-0.39, 0.29) is 5.75 Å². The summed E-state index contributed by atoms with van der Waals surface area (Å²) >= 11 is 0. The Morgan fingerprint density at radius 1 is 1.16 bits per heavy atom. The van der Waals surface area contributed by atoms with Gasteiger partial charge in [-0.25, -0.2) is 8.42 Å². The van der Waals surface area contributed by atoms with Crippen LogP contribution in [0.2, 0.25) is 0 Å². The largest absolute Gasteiger partial charge is 0.489 e. The van der Waals surface area contributed by atoms with Crippen LogP contribution < -0.4 is 4.74 Å². The van der Waals surface area contributed by atoms with Crippen LogP contribution in [0.4, 0.5) is 0 Å². The maximum Gasteiger partial charge on any atom is 0.256 e. The van der Waals surface area contributed by atoms with Gasteiger partial charge in [0, 0.05) is 18.3 Å². The number of amidine groups is 1. The molecule has 1 aromatic carbocycles. The van der Waals surface area contributed by atoms with Crippen molar-refractivity contribution in [2.24, 2.45) is 4.40 Å². The quantitative estimate of drug-likeness (QED) is 0.829. The van der Waals surface area contributed by atoms with Crippen molar-refractivity contribution >= 4 is 15.9 Å². The third kappa shape index (κ3) is 3.63. The van der Waals surface area contributed by atoms with Gasteiger partial charge in [-0.15, -0.1) is 4.40 Å². The lowest BCUT2D eigenvalue weighted by atomic mass is 9.98. The Labute approximate surface area is 148 Å². The van der Waals surface area contributed by atoms with E-state index in [0.717, 1.165) is 11.3 Å². The molecule has 1 aromatic rings. The Kier molecular flexibility index (Phi) is 4.37. The third-order valence-electron chi connectivity index (χ3n) is 5.04. The highest BCUT2D eigenvalue weighted by molar-refractivity contribution is 7.90. The Morgan fingerprint density at radius 3 is 2.68 bits per heavy atom. The molecular formula is C19H22N2O3S. The molecule has 2 aliphatic heterocycles. The van der Waals surface area contributed by atoms with Gasteiger partial charge in [-0.2, -0.15) is 0 Å². The van der Waals surface area contributed by atoms with E-state index in [1.165, 1.54) is 31.2 Å². The van der Waals surface area contributed by atoms with Crippen LogP contribution in [-0.2, 0) is 10.0 Å². The van der Waals surface area contributed by atoms with Crippen LogP contribution >= 0.6 is 0 Å². The van der Waals surface area contributed by atoms with E-state index in [1.807, 2.05) is 35.4 Å². The fourth-order valence-corrected chi connectivity index (χ4v) is 4.65. The van der Waals surface area contributed by atoms with Crippen LogP contribution in [0.15, 0.2) is 52.6 Å². The van der Waals surface area contributed by atoms with Crippen molar-refractivity contribution in [2.75, 3.05) is 18.9 Å². The molecule has 0 aromatic heterocycles. The predicted octanol–water partition coefficient (Wildman–Crippen LogP) is 3.22. The molecule has 0 atom stereocenters. The van der Waals surface area contributed by atoms with Gasteiger partial charge in [-0.3, -0.25) is 0 Å². The molecule has 6 heteroatoms. The summed E-state index contributed by atoms with van der Waals surface area (Å²) in [5.74, 6) is 2.02. The maximum atomic E-state index is 11.8. The highest BCUT2D eigenvalue weighted by atomic mass is 32.2. The molecule has 0 unspecified atom stereocenters. The van der Waals surface area contributed by atoms with Gasteiger partial charge in [-0.1, -0.05) is 31.1 Å². The minimum atomic E-state index is -3.37. The molecule has 4 rings (SSSR count). The zero-order chi connectivity index (χ0) is 17.3. The van der Waals surface area contributed by atoms with Gasteiger partial charge in [0.1, 0.15) is 12.4 Å². The number of benzene rings is 1. The highest BCUT2D eigenvalue weighted by Gasteiger charge is 2.26. The van der Waals surface area contributed by atoms with Gasteiger partial charge in [0.25, 0.3) is 10.0 Å². The number of nitrogens with zero attached hydrogens (tertiary/aromatic N) is 2. The fraction of sp³-hybridized carbons (Fsp3) is 0.421. The summed E-state index contributed by atoms with van der Waals surface area (Å²) in [5, 5.41) is 0. The first kappa shape index (κ1) is 16.4. The van der Waals surface area contributed by atoms with Crippen molar-refractivity contribution in [1.82, 2.24) is 4.90 Å². The van der Waals surface area contributed by atoms with Gasteiger partial charge in [-0.05, 0) is 42.5 Å². The molecule has 1 fully saturated rings. The Bertz CT molecular complexity index is 832. The molecule has 0 spiro atoms. The smallest absolute Gasteiger partial charge is 0.256 e. The van der Waals surface area contributed by atoms with Crippen LogP contribution in [0.1, 0.15) is 37.2 Å². The molecule has 1 saturated carbocycles. The summed E-state index contributed by atoms with van der Waals surface area (Å²) < 4.78 is 33.4. The zero-order valence-corrected chi connectivity index (χ0v) is 14.9. The van der Waals surface area contributed by atoms with Gasteiger partial charge in [0.05, 0.1) is 5.75 Å². The molecule has 0 N–H and O–H groups in total. The molecule has 25 heavy (non-hydrogen) atoms. The standard InChI is InChI=1S/C19H22N2O3S/c22-25(23)13-12-21-11-3-6-17(19(21)20-25)14-24-18-9-7-16(8-10-18)15-4-1-2-5-15/h3,6-11,15H,1-2,4-5,12-14H2. The number of sulfonamides is 1. The number of fused-ring (bicyclic) bond motifs is 1. The lowest BCUT2D eigenvalue weighted by Gasteiger charge is -2.29. The van der Waals surface area contributed by atoms with Crippen LogP contribution in [0.25, 0.3) is 0 Å². The summed E-state index contributed by atoms with van der Waals surface area (Å²) in [6.45, 7) is 0.739. The first-order chi connectivity index (χ1) is 12.1. The lowest BCUT2D eigenvalue weighted by Crippen LogP contribution is -2.39. The predicted molar refractivity (Wildman–Crippen MR) is 98.3 cm³/mol. The summed E-state index contributed by atoms with van der Waals surface area (Å²) in [6.07, 6.45) is 10.8. The topological polar surface area (TPSA) is 59.0 Å². The van der Waals surface area contributed by atoms with E-state index in [4.69, 9.17) is 4.74 Å². The maximum absolute atomic E-state index is 11.8. The van der Waals surface area contributed by atoms with Crippen molar-refractivity contribution < 1.29 is 13.2 Å². The van der Waals surface area contributed by atoms with Gasteiger partial charge < -0.3 is 9.64 Å². The molecule has 5 nitrogen and oxygen atoms in total. The van der Waals surface area contributed by atoms with Crippen LogP contribution in [0, 0.1) is 0 Å². The van der Waals surface area contributed by atoms with Gasteiger partial charge >= 0.3 is 0 Å². The summed E-state index contributed by atoms with van der Waals surface area (Å²) in [7, 11) is -3.37. The lowest BCUT2D eigenvalue weighted by molar-refractivity contribution is 0.354. The van der Waals surface area contributed by atoms with Gasteiger partial charge in [0.2, 0.25) is 0 Å². The van der Waals surface area contributed by atoms with E-state index in [2.05, 4.69) is 16.5 Å². The Hall–Kier alpha value is -2.08. The van der Waals surface area contributed by atoms with Crippen molar-refractivity contribution in [1.29, 1.82) is 0 Å². The van der Waals surface area contributed by atoms with Crippen LogP contribution in [-0.4, -0.2) is 38.1 Å². The molecule has 0 bridgehead atoms. The number of hydrogen-bond donors (Lipinski definition) is 0. The van der Waals surface area contributed by atoms with E-state index in [0.29, 0.717) is 24.9 Å². The second kappa shape index (κ2) is 6.67.